The third-order valence-electron chi connectivity index (χ3n) is 4.25. The summed E-state index contributed by atoms with van der Waals surface area (Å²) in [5.74, 6) is 0.0990. The Balaban J connectivity index is 1.55. The second kappa shape index (κ2) is 9.77. The molecule has 2 N–H and O–H groups in total. The zero-order valence-corrected chi connectivity index (χ0v) is 18.7. The van der Waals surface area contributed by atoms with Gasteiger partial charge in [0.1, 0.15) is 5.75 Å². The van der Waals surface area contributed by atoms with Crippen LogP contribution in [-0.4, -0.2) is 20.9 Å². The molecular formula is C22H21BrN2O4S. The molecule has 0 atom stereocenters. The SMILES string of the molecule is CCc1ccc(NC(=O)COc2ccc(S(=O)(=O)Nc3ccc(Br)cc3)cc2)cc1. The highest BCUT2D eigenvalue weighted by Gasteiger charge is 2.14. The van der Waals surface area contributed by atoms with E-state index in [4.69, 9.17) is 4.74 Å². The van der Waals surface area contributed by atoms with Gasteiger partial charge in [-0.05, 0) is 72.6 Å². The molecule has 3 aromatic rings. The molecule has 3 aromatic carbocycles. The van der Waals surface area contributed by atoms with E-state index in [1.165, 1.54) is 29.8 Å². The maximum absolute atomic E-state index is 12.5. The molecule has 0 radical (unpaired) electrons. The van der Waals surface area contributed by atoms with Gasteiger partial charge in [-0.3, -0.25) is 9.52 Å². The van der Waals surface area contributed by atoms with Crippen molar-refractivity contribution in [1.29, 1.82) is 0 Å². The smallest absolute Gasteiger partial charge is 0.262 e. The molecular weight excluding hydrogens is 468 g/mol. The quantitative estimate of drug-likeness (QED) is 0.475. The topological polar surface area (TPSA) is 84.5 Å². The van der Waals surface area contributed by atoms with Gasteiger partial charge in [0.05, 0.1) is 4.90 Å². The Morgan fingerprint density at radius 3 is 2.10 bits per heavy atom. The predicted molar refractivity (Wildman–Crippen MR) is 121 cm³/mol. The van der Waals surface area contributed by atoms with E-state index in [2.05, 4.69) is 32.9 Å². The molecule has 8 heteroatoms. The Bertz CT molecular complexity index is 1100. The van der Waals surface area contributed by atoms with Gasteiger partial charge >= 0.3 is 0 Å². The van der Waals surface area contributed by atoms with Crippen LogP contribution in [0.4, 0.5) is 11.4 Å². The van der Waals surface area contributed by atoms with Gasteiger partial charge in [0.2, 0.25) is 0 Å². The van der Waals surface area contributed by atoms with Gasteiger partial charge in [-0.1, -0.05) is 35.0 Å². The van der Waals surface area contributed by atoms with E-state index in [1.807, 2.05) is 24.3 Å². The number of hydrogen-bond donors (Lipinski definition) is 2. The first-order valence-corrected chi connectivity index (χ1v) is 11.5. The molecule has 30 heavy (non-hydrogen) atoms. The van der Waals surface area contributed by atoms with Gasteiger partial charge < -0.3 is 10.1 Å². The first-order chi connectivity index (χ1) is 14.4. The minimum Gasteiger partial charge on any atom is -0.484 e. The molecule has 0 spiro atoms. The highest BCUT2D eigenvalue weighted by atomic mass is 79.9. The third-order valence-corrected chi connectivity index (χ3v) is 6.17. The molecule has 0 aliphatic carbocycles. The van der Waals surface area contributed by atoms with Crippen LogP contribution in [0.25, 0.3) is 0 Å². The lowest BCUT2D eigenvalue weighted by Gasteiger charge is -2.10. The number of halogens is 1. The van der Waals surface area contributed by atoms with Gasteiger partial charge in [-0.15, -0.1) is 0 Å². The number of nitrogens with one attached hydrogen (secondary N) is 2. The first-order valence-electron chi connectivity index (χ1n) is 9.26. The van der Waals surface area contributed by atoms with Crippen LogP contribution >= 0.6 is 15.9 Å². The summed E-state index contributed by atoms with van der Waals surface area (Å²) in [4.78, 5) is 12.1. The van der Waals surface area contributed by atoms with Gasteiger partial charge in [0.15, 0.2) is 6.61 Å². The van der Waals surface area contributed by atoms with Crippen molar-refractivity contribution < 1.29 is 17.9 Å². The van der Waals surface area contributed by atoms with Gasteiger partial charge in [-0.2, -0.15) is 0 Å². The van der Waals surface area contributed by atoms with E-state index in [0.29, 0.717) is 17.1 Å². The Hall–Kier alpha value is -2.84. The minimum absolute atomic E-state index is 0.0956. The van der Waals surface area contributed by atoms with E-state index >= 15 is 0 Å². The molecule has 6 nitrogen and oxygen atoms in total. The number of anilines is 2. The Labute approximate surface area is 184 Å². The van der Waals surface area contributed by atoms with E-state index < -0.39 is 10.0 Å². The Morgan fingerprint density at radius 2 is 1.50 bits per heavy atom. The third kappa shape index (κ3) is 6.08. The number of aryl methyl sites for hydroxylation is 1. The fourth-order valence-electron chi connectivity index (χ4n) is 2.62. The zero-order chi connectivity index (χ0) is 21.6. The predicted octanol–water partition coefficient (Wildman–Crippen LogP) is 4.83. The van der Waals surface area contributed by atoms with Gasteiger partial charge in [0, 0.05) is 15.8 Å². The molecule has 1 amide bonds. The summed E-state index contributed by atoms with van der Waals surface area (Å²) in [6, 6.07) is 20.3. The van der Waals surface area contributed by atoms with Crippen LogP contribution in [-0.2, 0) is 21.2 Å². The van der Waals surface area contributed by atoms with Crippen LogP contribution in [0.5, 0.6) is 5.75 Å². The van der Waals surface area contributed by atoms with Crippen LogP contribution in [0.2, 0.25) is 0 Å². The molecule has 0 unspecified atom stereocenters. The van der Waals surface area contributed by atoms with E-state index in [-0.39, 0.29) is 17.4 Å². The summed E-state index contributed by atoms with van der Waals surface area (Å²) < 4.78 is 33.8. The highest BCUT2D eigenvalue weighted by Crippen LogP contribution is 2.21. The molecule has 0 bridgehead atoms. The zero-order valence-electron chi connectivity index (χ0n) is 16.3. The van der Waals surface area contributed by atoms with Crippen molar-refractivity contribution in [2.75, 3.05) is 16.6 Å². The standard InChI is InChI=1S/C22H21BrN2O4S/c1-2-16-3-7-18(8-4-16)24-22(26)15-29-20-11-13-21(14-12-20)30(27,28)25-19-9-5-17(23)6-10-19/h3-14,25H,2,15H2,1H3,(H,24,26). The largest absolute Gasteiger partial charge is 0.484 e. The average Bonchev–Trinajstić information content (AvgIpc) is 2.74. The lowest BCUT2D eigenvalue weighted by atomic mass is 10.1. The number of ether oxygens (including phenoxy) is 1. The Morgan fingerprint density at radius 1 is 0.900 bits per heavy atom. The molecule has 156 valence electrons. The average molecular weight is 489 g/mol. The van der Waals surface area contributed by atoms with Crippen LogP contribution in [0.15, 0.2) is 82.2 Å². The summed E-state index contributed by atoms with van der Waals surface area (Å²) in [6.45, 7) is 1.88. The maximum Gasteiger partial charge on any atom is 0.262 e. The van der Waals surface area contributed by atoms with E-state index in [9.17, 15) is 13.2 Å². The molecule has 0 aromatic heterocycles. The number of rotatable bonds is 8. The fourth-order valence-corrected chi connectivity index (χ4v) is 3.94. The summed E-state index contributed by atoms with van der Waals surface area (Å²) in [5, 5.41) is 2.76. The summed E-state index contributed by atoms with van der Waals surface area (Å²) >= 11 is 3.31. The number of carbonyl (C=O) groups is 1. The monoisotopic (exact) mass is 488 g/mol. The first kappa shape index (κ1) is 21.9. The number of amides is 1. The van der Waals surface area contributed by atoms with Crippen LogP contribution in [0.3, 0.4) is 0 Å². The fraction of sp³-hybridized carbons (Fsp3) is 0.136. The van der Waals surface area contributed by atoms with Crippen molar-refractivity contribution in [3.63, 3.8) is 0 Å². The van der Waals surface area contributed by atoms with Crippen molar-refractivity contribution in [2.45, 2.75) is 18.2 Å². The molecule has 0 heterocycles. The molecule has 0 saturated heterocycles. The van der Waals surface area contributed by atoms with E-state index in [0.717, 1.165) is 10.9 Å². The summed E-state index contributed by atoms with van der Waals surface area (Å²) in [7, 11) is -3.72. The van der Waals surface area contributed by atoms with Crippen molar-refractivity contribution in [1.82, 2.24) is 0 Å². The summed E-state index contributed by atoms with van der Waals surface area (Å²) in [5.41, 5.74) is 2.34. The van der Waals surface area contributed by atoms with Crippen molar-refractivity contribution >= 4 is 43.2 Å². The molecule has 0 aliphatic rings. The second-order valence-electron chi connectivity index (χ2n) is 6.47. The van der Waals surface area contributed by atoms with Gasteiger partial charge in [-0.25, -0.2) is 8.42 Å². The number of hydrogen-bond acceptors (Lipinski definition) is 4. The molecule has 3 rings (SSSR count). The normalized spacial score (nSPS) is 11.0. The minimum atomic E-state index is -3.72. The molecule has 0 aliphatic heterocycles. The molecule has 0 saturated carbocycles. The number of sulfonamides is 1. The number of benzene rings is 3. The van der Waals surface area contributed by atoms with Crippen LogP contribution in [0.1, 0.15) is 12.5 Å². The second-order valence-corrected chi connectivity index (χ2v) is 9.07. The van der Waals surface area contributed by atoms with Crippen molar-refractivity contribution in [2.24, 2.45) is 0 Å². The maximum atomic E-state index is 12.5. The van der Waals surface area contributed by atoms with Crippen LogP contribution in [0, 0.1) is 0 Å². The van der Waals surface area contributed by atoms with Gasteiger partial charge in [0.25, 0.3) is 15.9 Å². The lowest BCUT2D eigenvalue weighted by molar-refractivity contribution is -0.118. The summed E-state index contributed by atoms with van der Waals surface area (Å²) in [6.07, 6.45) is 0.932. The van der Waals surface area contributed by atoms with Crippen molar-refractivity contribution in [3.8, 4) is 5.75 Å². The molecule has 0 fully saturated rings. The van der Waals surface area contributed by atoms with E-state index in [1.54, 1.807) is 24.3 Å². The highest BCUT2D eigenvalue weighted by molar-refractivity contribution is 9.10. The number of carbonyl (C=O) groups excluding carboxylic acids is 1. The lowest BCUT2D eigenvalue weighted by Crippen LogP contribution is -2.20. The Kier molecular flexibility index (Phi) is 7.12. The van der Waals surface area contributed by atoms with Crippen LogP contribution < -0.4 is 14.8 Å². The van der Waals surface area contributed by atoms with Crippen molar-refractivity contribution in [3.05, 3.63) is 82.8 Å².